The lowest BCUT2D eigenvalue weighted by atomic mass is 10.2. The van der Waals surface area contributed by atoms with Crippen molar-refractivity contribution in [2.24, 2.45) is 0 Å². The van der Waals surface area contributed by atoms with E-state index in [0.717, 1.165) is 12.8 Å². The van der Waals surface area contributed by atoms with Crippen LogP contribution in [0.3, 0.4) is 0 Å². The van der Waals surface area contributed by atoms with E-state index in [0.29, 0.717) is 11.7 Å². The minimum absolute atomic E-state index is 0.00648. The Bertz CT molecular complexity index is 80.6. The summed E-state index contributed by atoms with van der Waals surface area (Å²) >= 11 is 0.556. The molecule has 1 nitrogen and oxygen atoms in total. The van der Waals surface area contributed by atoms with E-state index in [4.69, 9.17) is 0 Å². The van der Waals surface area contributed by atoms with Crippen molar-refractivity contribution < 1.29 is 4.21 Å². The van der Waals surface area contributed by atoms with Crippen molar-refractivity contribution in [2.75, 3.05) is 0 Å². The Labute approximate surface area is 54.3 Å². The number of hydrogen-bond acceptors (Lipinski definition) is 1. The van der Waals surface area contributed by atoms with Gasteiger partial charge >= 0.3 is 11.7 Å². The molecule has 0 heterocycles. The standard InChI is InChI=1S/C6H10OS/c1-3-4-5-6(2)8-7/h3,6H,1-2,4-5H2/q+1. The SMILES string of the molecule is [CH2]C(CCC=C)[S+]=O. The van der Waals surface area contributed by atoms with E-state index in [1.165, 1.54) is 0 Å². The fourth-order valence-electron chi connectivity index (χ4n) is 0.352. The maximum atomic E-state index is 9.96. The van der Waals surface area contributed by atoms with Gasteiger partial charge in [-0.15, -0.1) is 6.58 Å². The Morgan fingerprint density at radius 2 is 2.38 bits per heavy atom. The van der Waals surface area contributed by atoms with Crippen LogP contribution in [0.1, 0.15) is 12.8 Å². The Kier molecular flexibility index (Phi) is 4.76. The first-order valence-electron chi connectivity index (χ1n) is 2.54. The van der Waals surface area contributed by atoms with Crippen LogP contribution in [0.25, 0.3) is 0 Å². The van der Waals surface area contributed by atoms with Crippen LogP contribution in [0.4, 0.5) is 0 Å². The van der Waals surface area contributed by atoms with Crippen LogP contribution in [0.15, 0.2) is 12.7 Å². The van der Waals surface area contributed by atoms with Gasteiger partial charge in [-0.25, -0.2) is 0 Å². The van der Waals surface area contributed by atoms with E-state index < -0.39 is 0 Å². The van der Waals surface area contributed by atoms with Crippen LogP contribution < -0.4 is 0 Å². The highest BCUT2D eigenvalue weighted by Gasteiger charge is 2.11. The van der Waals surface area contributed by atoms with Crippen molar-refractivity contribution in [3.8, 4) is 0 Å². The third-order valence-electron chi connectivity index (χ3n) is 0.829. The first-order chi connectivity index (χ1) is 3.81. The summed E-state index contributed by atoms with van der Waals surface area (Å²) in [6.45, 7) is 7.12. The lowest BCUT2D eigenvalue weighted by molar-refractivity contribution is 0.599. The minimum atomic E-state index is -0.00648. The number of rotatable bonds is 4. The van der Waals surface area contributed by atoms with E-state index in [9.17, 15) is 4.21 Å². The van der Waals surface area contributed by atoms with Crippen LogP contribution in [0.2, 0.25) is 0 Å². The Morgan fingerprint density at radius 3 is 2.75 bits per heavy atom. The Hall–Kier alpha value is -0.240. The molecule has 1 atom stereocenters. The highest BCUT2D eigenvalue weighted by Crippen LogP contribution is 1.96. The highest BCUT2D eigenvalue weighted by atomic mass is 32.1. The van der Waals surface area contributed by atoms with Gasteiger partial charge in [-0.1, -0.05) is 6.08 Å². The molecule has 45 valence electrons. The average Bonchev–Trinajstić information content (AvgIpc) is 1.83. The summed E-state index contributed by atoms with van der Waals surface area (Å²) in [6.07, 6.45) is 3.54. The quantitative estimate of drug-likeness (QED) is 0.417. The molecule has 0 aromatic carbocycles. The van der Waals surface area contributed by atoms with Crippen LogP contribution in [-0.4, -0.2) is 5.25 Å². The van der Waals surface area contributed by atoms with Crippen molar-refractivity contribution >= 4 is 11.7 Å². The third kappa shape index (κ3) is 3.93. The summed E-state index contributed by atoms with van der Waals surface area (Å²) in [7, 11) is 0. The smallest absolute Gasteiger partial charge is 0.103 e. The second kappa shape index (κ2) is 4.91. The van der Waals surface area contributed by atoms with E-state index >= 15 is 0 Å². The van der Waals surface area contributed by atoms with Crippen molar-refractivity contribution in [1.29, 1.82) is 0 Å². The maximum Gasteiger partial charge on any atom is 0.462 e. The first-order valence-corrected chi connectivity index (χ1v) is 3.34. The zero-order valence-electron chi connectivity index (χ0n) is 4.80. The maximum absolute atomic E-state index is 9.96. The van der Waals surface area contributed by atoms with E-state index in [1.54, 1.807) is 6.08 Å². The van der Waals surface area contributed by atoms with Gasteiger partial charge in [0.1, 0.15) is 0 Å². The average molecular weight is 130 g/mol. The Balaban J connectivity index is 3.09. The molecule has 0 aliphatic heterocycles. The van der Waals surface area contributed by atoms with Crippen molar-refractivity contribution in [2.45, 2.75) is 18.1 Å². The first kappa shape index (κ1) is 7.76. The summed E-state index contributed by atoms with van der Waals surface area (Å²) in [5.74, 6) is 0. The van der Waals surface area contributed by atoms with Gasteiger partial charge in [0, 0.05) is 17.6 Å². The van der Waals surface area contributed by atoms with Gasteiger partial charge in [0.15, 0.2) is 0 Å². The second-order valence-electron chi connectivity index (χ2n) is 1.58. The molecule has 8 heavy (non-hydrogen) atoms. The molecule has 1 radical (unpaired) electrons. The molecule has 0 N–H and O–H groups in total. The molecule has 0 aliphatic rings. The topological polar surface area (TPSA) is 17.1 Å². The van der Waals surface area contributed by atoms with Crippen LogP contribution in [0, 0.1) is 6.92 Å². The molecular formula is C6H10OS+. The molecule has 0 bridgehead atoms. The van der Waals surface area contributed by atoms with Crippen molar-refractivity contribution in [1.82, 2.24) is 0 Å². The van der Waals surface area contributed by atoms with Gasteiger partial charge in [0.05, 0.1) is 0 Å². The molecule has 0 aromatic rings. The zero-order valence-corrected chi connectivity index (χ0v) is 5.62. The highest BCUT2D eigenvalue weighted by molar-refractivity contribution is 7.66. The van der Waals surface area contributed by atoms with Gasteiger partial charge in [0.2, 0.25) is 5.25 Å². The van der Waals surface area contributed by atoms with Crippen LogP contribution in [-0.2, 0) is 15.9 Å². The van der Waals surface area contributed by atoms with Gasteiger partial charge < -0.3 is 0 Å². The molecular weight excluding hydrogens is 120 g/mol. The number of hydrogen-bond donors (Lipinski definition) is 0. The molecule has 0 saturated heterocycles. The molecule has 0 saturated carbocycles. The summed E-state index contributed by atoms with van der Waals surface area (Å²) in [4.78, 5) is 0. The van der Waals surface area contributed by atoms with Gasteiger partial charge in [0.25, 0.3) is 0 Å². The molecule has 1 unspecified atom stereocenters. The molecule has 0 aromatic heterocycles. The molecule has 0 rings (SSSR count). The van der Waals surface area contributed by atoms with E-state index in [-0.39, 0.29) is 5.25 Å². The fourth-order valence-corrected chi connectivity index (χ4v) is 0.584. The summed E-state index contributed by atoms with van der Waals surface area (Å²) in [5.41, 5.74) is 0. The predicted molar refractivity (Wildman–Crippen MR) is 36.6 cm³/mol. The molecule has 0 spiro atoms. The van der Waals surface area contributed by atoms with Crippen LogP contribution in [0.5, 0.6) is 0 Å². The van der Waals surface area contributed by atoms with Crippen molar-refractivity contribution in [3.05, 3.63) is 19.6 Å². The van der Waals surface area contributed by atoms with Crippen LogP contribution >= 0.6 is 0 Å². The largest absolute Gasteiger partial charge is 0.462 e. The predicted octanol–water partition coefficient (Wildman–Crippen LogP) is 1.58. The Morgan fingerprint density at radius 1 is 1.75 bits per heavy atom. The van der Waals surface area contributed by atoms with Gasteiger partial charge in [-0.3, -0.25) is 0 Å². The van der Waals surface area contributed by atoms with Gasteiger partial charge in [-0.05, 0) is 6.42 Å². The second-order valence-corrected chi connectivity index (χ2v) is 2.44. The summed E-state index contributed by atoms with van der Waals surface area (Å²) in [6, 6.07) is 0. The fraction of sp³-hybridized carbons (Fsp3) is 0.500. The lowest BCUT2D eigenvalue weighted by Gasteiger charge is -1.84. The molecule has 2 heteroatoms. The monoisotopic (exact) mass is 130 g/mol. The molecule has 0 aliphatic carbocycles. The zero-order chi connectivity index (χ0) is 6.41. The number of allylic oxidation sites excluding steroid dienone is 1. The van der Waals surface area contributed by atoms with Gasteiger partial charge in [-0.2, -0.15) is 0 Å². The normalized spacial score (nSPS) is 12.6. The van der Waals surface area contributed by atoms with E-state index in [1.807, 2.05) is 0 Å². The van der Waals surface area contributed by atoms with E-state index in [2.05, 4.69) is 13.5 Å². The minimum Gasteiger partial charge on any atom is -0.103 e. The summed E-state index contributed by atoms with van der Waals surface area (Å²) < 4.78 is 9.96. The third-order valence-corrected chi connectivity index (χ3v) is 1.34. The lowest BCUT2D eigenvalue weighted by Crippen LogP contribution is -1.96. The van der Waals surface area contributed by atoms with Crippen molar-refractivity contribution in [3.63, 3.8) is 0 Å². The molecule has 0 amide bonds. The molecule has 0 fully saturated rings. The summed E-state index contributed by atoms with van der Waals surface area (Å²) in [5, 5.41) is -0.00648.